The summed E-state index contributed by atoms with van der Waals surface area (Å²) in [6.07, 6.45) is 1.57. The Hall–Kier alpha value is -4.91. The number of aromatic nitrogens is 1. The first-order valence-corrected chi connectivity index (χ1v) is 12.5. The highest BCUT2D eigenvalue weighted by atomic mass is 16.4. The SMILES string of the molecule is NC(=O)CCC(N)C(=O)NC(Cc1c[nH]c2ccccc12)C(=O)NC(Cc1ccc(O)cc1)C(=O)NCC(=O)O. The standard InChI is InChI=1S/C27H32N6O7/c28-19(9-10-23(29)35)25(38)32-22(12-16-13-30-20-4-2-1-3-18(16)20)27(40)33-21(26(39)31-14-24(36)37)11-15-5-7-17(34)8-6-15/h1-8,13,19,21-22,30,34H,9-12,14,28H2,(H2,29,35)(H,31,39)(H,32,38)(H,33,40)(H,36,37). The van der Waals surface area contributed by atoms with Crippen LogP contribution < -0.4 is 27.4 Å². The molecular formula is C27H32N6O7. The number of carboxylic acid groups (broad SMARTS) is 1. The van der Waals surface area contributed by atoms with Crippen LogP contribution in [-0.2, 0) is 36.8 Å². The quantitative estimate of drug-likeness (QED) is 0.129. The van der Waals surface area contributed by atoms with Crippen molar-refractivity contribution in [2.24, 2.45) is 11.5 Å². The number of nitrogens with two attached hydrogens (primary N) is 2. The molecule has 3 atom stereocenters. The summed E-state index contributed by atoms with van der Waals surface area (Å²) in [5.41, 5.74) is 13.2. The summed E-state index contributed by atoms with van der Waals surface area (Å²) in [5.74, 6) is -4.03. The lowest BCUT2D eigenvalue weighted by atomic mass is 10.0. The Kier molecular flexibility index (Phi) is 10.2. The maximum absolute atomic E-state index is 13.5. The molecule has 0 aliphatic heterocycles. The van der Waals surface area contributed by atoms with Crippen LogP contribution in [0, 0.1) is 0 Å². The monoisotopic (exact) mass is 552 g/mol. The van der Waals surface area contributed by atoms with Crippen molar-refractivity contribution in [3.63, 3.8) is 0 Å². The number of carboxylic acids is 1. The molecule has 3 unspecified atom stereocenters. The molecule has 1 heterocycles. The molecule has 40 heavy (non-hydrogen) atoms. The minimum absolute atomic E-state index is 0.00819. The number of phenols is 1. The van der Waals surface area contributed by atoms with Crippen LogP contribution in [0.5, 0.6) is 5.75 Å². The average molecular weight is 553 g/mol. The van der Waals surface area contributed by atoms with Crippen molar-refractivity contribution in [2.45, 2.75) is 43.8 Å². The van der Waals surface area contributed by atoms with Crippen molar-refractivity contribution in [2.75, 3.05) is 6.54 Å². The van der Waals surface area contributed by atoms with Crippen LogP contribution in [0.2, 0.25) is 0 Å². The second-order valence-corrected chi connectivity index (χ2v) is 9.28. The molecule has 212 valence electrons. The van der Waals surface area contributed by atoms with Crippen molar-refractivity contribution >= 4 is 40.5 Å². The van der Waals surface area contributed by atoms with E-state index in [-0.39, 0.29) is 31.4 Å². The van der Waals surface area contributed by atoms with E-state index in [1.54, 1.807) is 18.3 Å². The number of aliphatic carboxylic acids is 1. The van der Waals surface area contributed by atoms with Crippen molar-refractivity contribution in [3.05, 3.63) is 65.9 Å². The van der Waals surface area contributed by atoms with Gasteiger partial charge in [-0.15, -0.1) is 0 Å². The molecule has 3 rings (SSSR count). The third-order valence-electron chi connectivity index (χ3n) is 6.19. The predicted molar refractivity (Wildman–Crippen MR) is 145 cm³/mol. The second kappa shape index (κ2) is 13.8. The molecule has 4 amide bonds. The number of rotatable bonds is 14. The zero-order valence-corrected chi connectivity index (χ0v) is 21.6. The van der Waals surface area contributed by atoms with Gasteiger partial charge in [-0.3, -0.25) is 24.0 Å². The molecule has 0 bridgehead atoms. The van der Waals surface area contributed by atoms with Crippen LogP contribution in [-0.4, -0.2) is 69.5 Å². The van der Waals surface area contributed by atoms with Crippen LogP contribution in [0.1, 0.15) is 24.0 Å². The summed E-state index contributed by atoms with van der Waals surface area (Å²) in [5, 5.41) is 26.8. The third kappa shape index (κ3) is 8.56. The molecule has 0 fully saturated rings. The molecule has 0 aliphatic carbocycles. The number of para-hydroxylation sites is 1. The Bertz CT molecular complexity index is 1370. The summed E-state index contributed by atoms with van der Waals surface area (Å²) >= 11 is 0. The first kappa shape index (κ1) is 29.6. The lowest BCUT2D eigenvalue weighted by Crippen LogP contribution is -2.57. The summed E-state index contributed by atoms with van der Waals surface area (Å²) in [6.45, 7) is -0.662. The van der Waals surface area contributed by atoms with Gasteiger partial charge in [0, 0.05) is 36.4 Å². The number of primary amides is 1. The molecule has 1 aromatic heterocycles. The van der Waals surface area contributed by atoms with E-state index in [9.17, 15) is 29.1 Å². The summed E-state index contributed by atoms with van der Waals surface area (Å²) in [4.78, 5) is 64.5. The van der Waals surface area contributed by atoms with E-state index in [0.29, 0.717) is 11.1 Å². The van der Waals surface area contributed by atoms with Crippen molar-refractivity contribution < 1.29 is 34.2 Å². The summed E-state index contributed by atoms with van der Waals surface area (Å²) in [6, 6.07) is 9.82. The summed E-state index contributed by atoms with van der Waals surface area (Å²) < 4.78 is 0. The first-order chi connectivity index (χ1) is 19.0. The van der Waals surface area contributed by atoms with Crippen molar-refractivity contribution in [1.29, 1.82) is 0 Å². The van der Waals surface area contributed by atoms with Gasteiger partial charge in [0.05, 0.1) is 6.04 Å². The number of H-pyrrole nitrogens is 1. The molecule has 10 N–H and O–H groups in total. The predicted octanol–water partition coefficient (Wildman–Crippen LogP) is -0.578. The smallest absolute Gasteiger partial charge is 0.322 e. The van der Waals surface area contributed by atoms with E-state index in [0.717, 1.165) is 10.9 Å². The van der Waals surface area contributed by atoms with Crippen LogP contribution in [0.3, 0.4) is 0 Å². The van der Waals surface area contributed by atoms with Crippen LogP contribution >= 0.6 is 0 Å². The van der Waals surface area contributed by atoms with Gasteiger partial charge in [-0.25, -0.2) is 0 Å². The second-order valence-electron chi connectivity index (χ2n) is 9.28. The number of hydrogen-bond donors (Lipinski definition) is 8. The lowest BCUT2D eigenvalue weighted by molar-refractivity contribution is -0.138. The number of hydrogen-bond acceptors (Lipinski definition) is 7. The van der Waals surface area contributed by atoms with Crippen LogP contribution in [0.25, 0.3) is 10.9 Å². The number of benzene rings is 2. The Labute approximate surface area is 229 Å². The first-order valence-electron chi connectivity index (χ1n) is 12.5. The molecule has 0 aliphatic rings. The molecule has 0 saturated heterocycles. The molecule has 13 heteroatoms. The van der Waals surface area contributed by atoms with E-state index in [2.05, 4.69) is 20.9 Å². The zero-order chi connectivity index (χ0) is 29.2. The maximum atomic E-state index is 13.5. The highest BCUT2D eigenvalue weighted by molar-refractivity contribution is 5.94. The number of amides is 4. The van der Waals surface area contributed by atoms with Gasteiger partial charge < -0.3 is 42.6 Å². The van der Waals surface area contributed by atoms with E-state index >= 15 is 0 Å². The van der Waals surface area contributed by atoms with Gasteiger partial charge in [0.1, 0.15) is 24.4 Å². The Morgan fingerprint density at radius 2 is 1.52 bits per heavy atom. The number of fused-ring (bicyclic) bond motifs is 1. The number of aromatic amines is 1. The van der Waals surface area contributed by atoms with Gasteiger partial charge in [-0.1, -0.05) is 30.3 Å². The van der Waals surface area contributed by atoms with Gasteiger partial charge in [-0.2, -0.15) is 0 Å². The van der Waals surface area contributed by atoms with Crippen LogP contribution in [0.15, 0.2) is 54.7 Å². The normalized spacial score (nSPS) is 13.1. The fourth-order valence-electron chi connectivity index (χ4n) is 4.07. The Morgan fingerprint density at radius 3 is 2.20 bits per heavy atom. The van der Waals surface area contributed by atoms with E-state index < -0.39 is 54.3 Å². The van der Waals surface area contributed by atoms with Gasteiger partial charge in [-0.05, 0) is 35.7 Å². The highest BCUT2D eigenvalue weighted by Gasteiger charge is 2.29. The number of aromatic hydroxyl groups is 1. The van der Waals surface area contributed by atoms with E-state index in [4.69, 9.17) is 16.6 Å². The van der Waals surface area contributed by atoms with E-state index in [1.807, 2.05) is 24.3 Å². The van der Waals surface area contributed by atoms with Gasteiger partial charge in [0.25, 0.3) is 0 Å². The maximum Gasteiger partial charge on any atom is 0.322 e. The van der Waals surface area contributed by atoms with Gasteiger partial charge >= 0.3 is 5.97 Å². The molecule has 13 nitrogen and oxygen atoms in total. The molecule has 0 radical (unpaired) electrons. The minimum atomic E-state index is -1.27. The van der Waals surface area contributed by atoms with Gasteiger partial charge in [0.2, 0.25) is 23.6 Å². The van der Waals surface area contributed by atoms with Crippen molar-refractivity contribution in [1.82, 2.24) is 20.9 Å². The lowest BCUT2D eigenvalue weighted by Gasteiger charge is -2.24. The average Bonchev–Trinajstić information content (AvgIpc) is 3.33. The zero-order valence-electron chi connectivity index (χ0n) is 21.6. The molecule has 0 spiro atoms. The van der Waals surface area contributed by atoms with Gasteiger partial charge in [0.15, 0.2) is 0 Å². The fourth-order valence-corrected chi connectivity index (χ4v) is 4.07. The minimum Gasteiger partial charge on any atom is -0.508 e. The molecule has 2 aromatic carbocycles. The number of carbonyl (C=O) groups is 5. The van der Waals surface area contributed by atoms with Crippen LogP contribution in [0.4, 0.5) is 0 Å². The Balaban J connectivity index is 1.85. The number of carbonyl (C=O) groups excluding carboxylic acids is 4. The number of nitrogens with one attached hydrogen (secondary N) is 4. The largest absolute Gasteiger partial charge is 0.508 e. The molecular weight excluding hydrogens is 520 g/mol. The topological polar surface area (TPSA) is 230 Å². The van der Waals surface area contributed by atoms with E-state index in [1.165, 1.54) is 12.1 Å². The molecule has 3 aromatic rings. The van der Waals surface area contributed by atoms with Crippen molar-refractivity contribution in [3.8, 4) is 5.75 Å². The number of phenolic OH excluding ortho intramolecular Hbond substituents is 1. The Morgan fingerprint density at radius 1 is 0.875 bits per heavy atom. The molecule has 0 saturated carbocycles. The highest BCUT2D eigenvalue weighted by Crippen LogP contribution is 2.19. The third-order valence-corrected chi connectivity index (χ3v) is 6.19. The fraction of sp³-hybridized carbons (Fsp3) is 0.296. The summed E-state index contributed by atoms with van der Waals surface area (Å²) in [7, 11) is 0.